The van der Waals surface area contributed by atoms with E-state index in [1.165, 1.54) is 27.4 Å². The largest absolute Gasteiger partial charge is 0.324 e. The van der Waals surface area contributed by atoms with Gasteiger partial charge in [-0.05, 0) is 49.6 Å². The molecular weight excluding hydrogens is 449 g/mol. The van der Waals surface area contributed by atoms with Crippen LogP contribution in [0, 0.1) is 0 Å². The summed E-state index contributed by atoms with van der Waals surface area (Å²) in [5.74, 6) is -0.398. The number of halogens is 2. The standard InChI is InChI=1S/C20H19Cl2N3O4S/c21-13-8-14(22)10-16(9-13)30(28,29)25-17-5-3-6-18(25)20(27)24(19(17)12-26)11-15-4-1-2-7-23-15/h1-2,4,7-10,12,17-19H,3,5-6,11H2/t17?,18-,19+/m0/s1. The van der Waals surface area contributed by atoms with Gasteiger partial charge in [-0.25, -0.2) is 8.42 Å². The molecule has 3 atom stereocenters. The monoisotopic (exact) mass is 467 g/mol. The van der Waals surface area contributed by atoms with E-state index >= 15 is 0 Å². The fraction of sp³-hybridized carbons (Fsp3) is 0.350. The number of aldehydes is 1. The van der Waals surface area contributed by atoms with Crippen LogP contribution in [0.3, 0.4) is 0 Å². The van der Waals surface area contributed by atoms with Gasteiger partial charge < -0.3 is 9.69 Å². The number of piperazine rings is 1. The molecule has 0 radical (unpaired) electrons. The first-order valence-corrected chi connectivity index (χ1v) is 11.7. The van der Waals surface area contributed by atoms with Crippen molar-refractivity contribution in [3.63, 3.8) is 0 Å². The van der Waals surface area contributed by atoms with Gasteiger partial charge in [-0.2, -0.15) is 4.31 Å². The molecule has 0 spiro atoms. The number of rotatable bonds is 5. The Morgan fingerprint density at radius 3 is 2.50 bits per heavy atom. The summed E-state index contributed by atoms with van der Waals surface area (Å²) in [6, 6.07) is 6.93. The third-order valence-corrected chi connectivity index (χ3v) is 7.89. The molecular formula is C20H19Cl2N3O4S. The van der Waals surface area contributed by atoms with Gasteiger partial charge in [0.2, 0.25) is 15.9 Å². The first-order chi connectivity index (χ1) is 14.3. The van der Waals surface area contributed by atoms with Crippen LogP contribution in [0.2, 0.25) is 10.0 Å². The molecule has 2 bridgehead atoms. The van der Waals surface area contributed by atoms with Gasteiger partial charge in [-0.3, -0.25) is 9.78 Å². The van der Waals surface area contributed by atoms with Crippen LogP contribution < -0.4 is 0 Å². The Kier molecular flexibility index (Phi) is 5.85. The average molecular weight is 468 g/mol. The van der Waals surface area contributed by atoms with Gasteiger partial charge in [-0.1, -0.05) is 29.3 Å². The Morgan fingerprint density at radius 2 is 1.87 bits per heavy atom. The summed E-state index contributed by atoms with van der Waals surface area (Å²) in [5.41, 5.74) is 0.633. The molecule has 4 rings (SSSR count). The molecule has 0 saturated carbocycles. The van der Waals surface area contributed by atoms with Crippen molar-refractivity contribution in [3.05, 3.63) is 58.3 Å². The molecule has 1 aromatic heterocycles. The van der Waals surface area contributed by atoms with Crippen molar-refractivity contribution >= 4 is 45.4 Å². The summed E-state index contributed by atoms with van der Waals surface area (Å²) in [6.45, 7) is 0.146. The van der Waals surface area contributed by atoms with E-state index in [2.05, 4.69) is 4.98 Å². The third-order valence-electron chi connectivity index (χ3n) is 5.54. The number of benzene rings is 1. The quantitative estimate of drug-likeness (QED) is 0.630. The van der Waals surface area contributed by atoms with Gasteiger partial charge in [0, 0.05) is 16.2 Å². The Labute approximate surface area is 184 Å². The normalized spacial score (nSPS) is 24.7. The van der Waals surface area contributed by atoms with Crippen molar-refractivity contribution in [2.45, 2.75) is 48.8 Å². The number of likely N-dealkylation sites (tertiary alicyclic amines) is 1. The Balaban J connectivity index is 1.74. The van der Waals surface area contributed by atoms with Crippen LogP contribution in [0.1, 0.15) is 25.0 Å². The molecule has 1 unspecified atom stereocenters. The number of nitrogens with zero attached hydrogens (tertiary/aromatic N) is 3. The Hall–Kier alpha value is -2.00. The fourth-order valence-electron chi connectivity index (χ4n) is 4.26. The van der Waals surface area contributed by atoms with Crippen LogP contribution in [0.5, 0.6) is 0 Å². The van der Waals surface area contributed by atoms with Crippen molar-refractivity contribution in [1.29, 1.82) is 0 Å². The predicted octanol–water partition coefficient (Wildman–Crippen LogP) is 2.91. The third kappa shape index (κ3) is 3.73. The van der Waals surface area contributed by atoms with Gasteiger partial charge in [0.25, 0.3) is 0 Å². The molecule has 2 aliphatic heterocycles. The minimum atomic E-state index is -4.10. The number of sulfonamides is 1. The highest BCUT2D eigenvalue weighted by molar-refractivity contribution is 7.89. The molecule has 3 heterocycles. The molecule has 0 N–H and O–H groups in total. The van der Waals surface area contributed by atoms with E-state index in [9.17, 15) is 18.0 Å². The zero-order valence-electron chi connectivity index (χ0n) is 15.8. The molecule has 1 aromatic carbocycles. The maximum Gasteiger partial charge on any atom is 0.244 e. The van der Waals surface area contributed by atoms with E-state index in [-0.39, 0.29) is 21.5 Å². The molecule has 10 heteroatoms. The van der Waals surface area contributed by atoms with Gasteiger partial charge in [0.1, 0.15) is 18.4 Å². The first-order valence-electron chi connectivity index (χ1n) is 9.48. The fourth-order valence-corrected chi connectivity index (χ4v) is 6.83. The minimum Gasteiger partial charge on any atom is -0.324 e. The molecule has 7 nitrogen and oxygen atoms in total. The molecule has 30 heavy (non-hydrogen) atoms. The number of piperidine rings is 1. The topological polar surface area (TPSA) is 87.7 Å². The number of pyridine rings is 1. The van der Waals surface area contributed by atoms with Crippen molar-refractivity contribution in [1.82, 2.24) is 14.2 Å². The van der Waals surface area contributed by atoms with E-state index in [1.807, 2.05) is 0 Å². The highest BCUT2D eigenvalue weighted by atomic mass is 35.5. The summed E-state index contributed by atoms with van der Waals surface area (Å²) < 4.78 is 28.2. The van der Waals surface area contributed by atoms with Crippen LogP contribution >= 0.6 is 23.2 Å². The van der Waals surface area contributed by atoms with Gasteiger partial charge in [0.15, 0.2) is 0 Å². The van der Waals surface area contributed by atoms with Crippen molar-refractivity contribution < 1.29 is 18.0 Å². The number of carbonyl (C=O) groups is 2. The molecule has 158 valence electrons. The maximum atomic E-state index is 13.5. The number of hydrogen-bond acceptors (Lipinski definition) is 5. The van der Waals surface area contributed by atoms with Crippen molar-refractivity contribution in [2.24, 2.45) is 0 Å². The van der Waals surface area contributed by atoms with Crippen LogP contribution in [0.4, 0.5) is 0 Å². The second kappa shape index (κ2) is 8.26. The van der Waals surface area contributed by atoms with E-state index < -0.39 is 34.1 Å². The summed E-state index contributed by atoms with van der Waals surface area (Å²) in [6.07, 6.45) is 3.78. The van der Waals surface area contributed by atoms with E-state index in [1.54, 1.807) is 24.4 Å². The molecule has 1 amide bonds. The van der Waals surface area contributed by atoms with Crippen LogP contribution in [0.25, 0.3) is 0 Å². The second-order valence-corrected chi connectivity index (χ2v) is 10.1. The Bertz CT molecular complexity index is 1060. The van der Waals surface area contributed by atoms with Crippen LogP contribution in [-0.4, -0.2) is 52.9 Å². The lowest BCUT2D eigenvalue weighted by Crippen LogP contribution is -2.69. The Morgan fingerprint density at radius 1 is 1.13 bits per heavy atom. The zero-order chi connectivity index (χ0) is 21.5. The zero-order valence-corrected chi connectivity index (χ0v) is 18.1. The molecule has 2 aliphatic rings. The SMILES string of the molecule is O=C[C@@H]1C2CCC[C@@H](C(=O)N1Cc1ccccn1)N2S(=O)(=O)c1cc(Cl)cc(Cl)c1. The number of carbonyl (C=O) groups excluding carboxylic acids is 2. The summed E-state index contributed by atoms with van der Waals surface area (Å²) in [7, 11) is -4.10. The smallest absolute Gasteiger partial charge is 0.244 e. The molecule has 2 aromatic rings. The lowest BCUT2D eigenvalue weighted by Gasteiger charge is -2.51. The van der Waals surface area contributed by atoms with Crippen molar-refractivity contribution in [2.75, 3.05) is 0 Å². The second-order valence-electron chi connectivity index (χ2n) is 7.37. The molecule has 2 fully saturated rings. The summed E-state index contributed by atoms with van der Waals surface area (Å²) >= 11 is 12.0. The van der Waals surface area contributed by atoms with Gasteiger partial charge in [0.05, 0.1) is 23.2 Å². The molecule has 2 saturated heterocycles. The number of aromatic nitrogens is 1. The van der Waals surface area contributed by atoms with Crippen LogP contribution in [0.15, 0.2) is 47.5 Å². The number of amides is 1. The van der Waals surface area contributed by atoms with E-state index in [0.717, 1.165) is 0 Å². The number of hydrogen-bond donors (Lipinski definition) is 0. The molecule has 0 aliphatic carbocycles. The highest BCUT2D eigenvalue weighted by Crippen LogP contribution is 2.38. The summed E-state index contributed by atoms with van der Waals surface area (Å²) in [4.78, 5) is 30.9. The van der Waals surface area contributed by atoms with E-state index in [0.29, 0.717) is 31.2 Å². The minimum absolute atomic E-state index is 0.0903. The average Bonchev–Trinajstić information content (AvgIpc) is 2.72. The number of fused-ring (bicyclic) bond motifs is 2. The highest BCUT2D eigenvalue weighted by Gasteiger charge is 2.53. The lowest BCUT2D eigenvalue weighted by atomic mass is 9.88. The van der Waals surface area contributed by atoms with Crippen LogP contribution in [-0.2, 0) is 26.2 Å². The maximum absolute atomic E-state index is 13.5. The first kappa shape index (κ1) is 21.2. The predicted molar refractivity (Wildman–Crippen MR) is 112 cm³/mol. The summed E-state index contributed by atoms with van der Waals surface area (Å²) in [5, 5.41) is 0.358. The van der Waals surface area contributed by atoms with Crippen molar-refractivity contribution in [3.8, 4) is 0 Å². The lowest BCUT2D eigenvalue weighted by molar-refractivity contribution is -0.152. The van der Waals surface area contributed by atoms with Gasteiger partial charge in [-0.15, -0.1) is 0 Å². The van der Waals surface area contributed by atoms with E-state index in [4.69, 9.17) is 23.2 Å². The van der Waals surface area contributed by atoms with Gasteiger partial charge >= 0.3 is 0 Å².